The van der Waals surface area contributed by atoms with Crippen LogP contribution in [0.4, 0.5) is 0 Å². The van der Waals surface area contributed by atoms with Crippen molar-refractivity contribution >= 4 is 0 Å². The largest absolute Gasteiger partial charge is 0.393 e. The van der Waals surface area contributed by atoms with Gasteiger partial charge in [0.15, 0.2) is 0 Å². The van der Waals surface area contributed by atoms with Crippen molar-refractivity contribution in [3.05, 3.63) is 12.2 Å². The zero-order chi connectivity index (χ0) is 10.4. The van der Waals surface area contributed by atoms with Crippen molar-refractivity contribution < 1.29 is 5.11 Å². The summed E-state index contributed by atoms with van der Waals surface area (Å²) in [7, 11) is 0. The Hall–Kier alpha value is -0.300. The zero-order valence-electron chi connectivity index (χ0n) is 9.47. The summed E-state index contributed by atoms with van der Waals surface area (Å²) in [5.41, 5.74) is 1.10. The minimum Gasteiger partial charge on any atom is -0.393 e. The Morgan fingerprint density at radius 1 is 1.36 bits per heavy atom. The van der Waals surface area contributed by atoms with Gasteiger partial charge in [-0.15, -0.1) is 6.58 Å². The minimum absolute atomic E-state index is 0.144. The third-order valence-corrected chi connectivity index (χ3v) is 3.22. The van der Waals surface area contributed by atoms with Gasteiger partial charge >= 0.3 is 0 Å². The van der Waals surface area contributed by atoms with E-state index in [4.69, 9.17) is 0 Å². The fourth-order valence-electron chi connectivity index (χ4n) is 2.41. The maximum Gasteiger partial charge on any atom is 0.0577 e. The molecule has 0 heterocycles. The summed E-state index contributed by atoms with van der Waals surface area (Å²) in [6, 6.07) is 0. The highest BCUT2D eigenvalue weighted by molar-refractivity contribution is 4.90. The first kappa shape index (κ1) is 11.8. The summed E-state index contributed by atoms with van der Waals surface area (Å²) in [6.07, 6.45) is 9.83. The molecular formula is C13H24O. The van der Waals surface area contributed by atoms with Gasteiger partial charge < -0.3 is 5.11 Å². The smallest absolute Gasteiger partial charge is 0.0577 e. The summed E-state index contributed by atoms with van der Waals surface area (Å²) >= 11 is 0. The molecule has 0 aromatic carbocycles. The molecule has 0 amide bonds. The molecule has 1 unspecified atom stereocenters. The molecule has 14 heavy (non-hydrogen) atoms. The lowest BCUT2D eigenvalue weighted by molar-refractivity contribution is 0.149. The molecule has 0 bridgehead atoms. The summed E-state index contributed by atoms with van der Waals surface area (Å²) in [5.74, 6) is 0.892. The number of hydrogen-bond donors (Lipinski definition) is 1. The van der Waals surface area contributed by atoms with Gasteiger partial charge in [0.2, 0.25) is 0 Å². The Kier molecular flexibility index (Phi) is 5.24. The van der Waals surface area contributed by atoms with E-state index in [2.05, 4.69) is 6.58 Å². The molecule has 1 heteroatoms. The van der Waals surface area contributed by atoms with Crippen LogP contribution in [0, 0.1) is 5.92 Å². The molecule has 0 saturated heterocycles. The van der Waals surface area contributed by atoms with E-state index >= 15 is 0 Å². The second-order valence-corrected chi connectivity index (χ2v) is 4.90. The second kappa shape index (κ2) is 6.23. The Balaban J connectivity index is 2.09. The van der Waals surface area contributed by atoms with Crippen LogP contribution in [-0.4, -0.2) is 11.2 Å². The molecular weight excluding hydrogens is 172 g/mol. The molecule has 1 aliphatic rings. The fraction of sp³-hybridized carbons (Fsp3) is 0.846. The third-order valence-electron chi connectivity index (χ3n) is 3.22. The van der Waals surface area contributed by atoms with Crippen molar-refractivity contribution in [3.8, 4) is 0 Å². The van der Waals surface area contributed by atoms with Crippen LogP contribution in [0.25, 0.3) is 0 Å². The van der Waals surface area contributed by atoms with Crippen molar-refractivity contribution in [3.63, 3.8) is 0 Å². The van der Waals surface area contributed by atoms with E-state index in [1.54, 1.807) is 0 Å². The minimum atomic E-state index is -0.144. The molecule has 1 N–H and O–H groups in total. The van der Waals surface area contributed by atoms with Gasteiger partial charge in [-0.05, 0) is 32.1 Å². The first-order chi connectivity index (χ1) is 6.68. The summed E-state index contributed by atoms with van der Waals surface area (Å²) < 4.78 is 0. The molecule has 1 aliphatic carbocycles. The van der Waals surface area contributed by atoms with E-state index in [1.807, 2.05) is 6.92 Å². The van der Waals surface area contributed by atoms with Gasteiger partial charge in [-0.1, -0.05) is 37.7 Å². The molecule has 0 aliphatic heterocycles. The lowest BCUT2D eigenvalue weighted by Crippen LogP contribution is -2.12. The molecule has 1 atom stereocenters. The predicted octanol–water partition coefficient (Wildman–Crippen LogP) is 3.67. The molecule has 1 rings (SSSR count). The standard InChI is InChI=1S/C13H24O/c1-11(2)10-13(14)9-8-12-6-4-3-5-7-12/h12-14H,1,3-10H2,2H3. The molecule has 1 nitrogen and oxygen atoms in total. The van der Waals surface area contributed by atoms with Gasteiger partial charge in [-0.2, -0.15) is 0 Å². The van der Waals surface area contributed by atoms with E-state index in [1.165, 1.54) is 38.5 Å². The number of rotatable bonds is 5. The van der Waals surface area contributed by atoms with Crippen LogP contribution in [0.2, 0.25) is 0 Å². The van der Waals surface area contributed by atoms with Gasteiger partial charge in [-0.3, -0.25) is 0 Å². The van der Waals surface area contributed by atoms with Gasteiger partial charge in [-0.25, -0.2) is 0 Å². The average molecular weight is 196 g/mol. The van der Waals surface area contributed by atoms with E-state index in [9.17, 15) is 5.11 Å². The molecule has 0 radical (unpaired) electrons. The third kappa shape index (κ3) is 4.80. The molecule has 82 valence electrons. The van der Waals surface area contributed by atoms with Crippen LogP contribution in [-0.2, 0) is 0 Å². The molecule has 0 spiro atoms. The predicted molar refractivity (Wildman–Crippen MR) is 61.2 cm³/mol. The highest BCUT2D eigenvalue weighted by Crippen LogP contribution is 2.28. The zero-order valence-corrected chi connectivity index (χ0v) is 9.47. The number of hydrogen-bond acceptors (Lipinski definition) is 1. The van der Waals surface area contributed by atoms with E-state index < -0.39 is 0 Å². The van der Waals surface area contributed by atoms with Crippen LogP contribution in [0.5, 0.6) is 0 Å². The average Bonchev–Trinajstić information content (AvgIpc) is 2.15. The van der Waals surface area contributed by atoms with Gasteiger partial charge in [0.05, 0.1) is 6.10 Å². The highest BCUT2D eigenvalue weighted by atomic mass is 16.3. The number of aliphatic hydroxyl groups excluding tert-OH is 1. The van der Waals surface area contributed by atoms with Crippen molar-refractivity contribution in [2.75, 3.05) is 0 Å². The summed E-state index contributed by atoms with van der Waals surface area (Å²) in [6.45, 7) is 5.82. The Morgan fingerprint density at radius 2 is 2.00 bits per heavy atom. The van der Waals surface area contributed by atoms with E-state index in [0.717, 1.165) is 24.3 Å². The lowest BCUT2D eigenvalue weighted by Gasteiger charge is -2.22. The van der Waals surface area contributed by atoms with Gasteiger partial charge in [0.25, 0.3) is 0 Å². The maximum absolute atomic E-state index is 9.69. The quantitative estimate of drug-likeness (QED) is 0.665. The van der Waals surface area contributed by atoms with Crippen LogP contribution < -0.4 is 0 Å². The molecule has 1 fully saturated rings. The van der Waals surface area contributed by atoms with Crippen molar-refractivity contribution in [1.82, 2.24) is 0 Å². The first-order valence-electron chi connectivity index (χ1n) is 6.01. The maximum atomic E-state index is 9.69. The van der Waals surface area contributed by atoms with Crippen molar-refractivity contribution in [2.45, 2.75) is 64.4 Å². The first-order valence-corrected chi connectivity index (χ1v) is 6.01. The van der Waals surface area contributed by atoms with Gasteiger partial charge in [0.1, 0.15) is 0 Å². The van der Waals surface area contributed by atoms with Gasteiger partial charge in [0, 0.05) is 0 Å². The molecule has 1 saturated carbocycles. The monoisotopic (exact) mass is 196 g/mol. The Labute approximate surface area is 88.2 Å². The van der Waals surface area contributed by atoms with Crippen LogP contribution in [0.1, 0.15) is 58.3 Å². The molecule has 0 aromatic heterocycles. The van der Waals surface area contributed by atoms with E-state index in [-0.39, 0.29) is 6.10 Å². The normalized spacial score (nSPS) is 20.7. The topological polar surface area (TPSA) is 20.2 Å². The van der Waals surface area contributed by atoms with Crippen LogP contribution >= 0.6 is 0 Å². The van der Waals surface area contributed by atoms with Crippen LogP contribution in [0.3, 0.4) is 0 Å². The van der Waals surface area contributed by atoms with Crippen molar-refractivity contribution in [2.24, 2.45) is 5.92 Å². The summed E-state index contributed by atoms with van der Waals surface area (Å²) in [5, 5.41) is 9.69. The number of aliphatic hydroxyl groups is 1. The Morgan fingerprint density at radius 3 is 2.57 bits per heavy atom. The molecule has 0 aromatic rings. The van der Waals surface area contributed by atoms with Crippen LogP contribution in [0.15, 0.2) is 12.2 Å². The summed E-state index contributed by atoms with van der Waals surface area (Å²) in [4.78, 5) is 0. The van der Waals surface area contributed by atoms with E-state index in [0.29, 0.717) is 0 Å². The highest BCUT2D eigenvalue weighted by Gasteiger charge is 2.14. The lowest BCUT2D eigenvalue weighted by atomic mass is 9.85. The Bertz CT molecular complexity index is 168. The second-order valence-electron chi connectivity index (χ2n) is 4.90. The van der Waals surface area contributed by atoms with Crippen molar-refractivity contribution in [1.29, 1.82) is 0 Å². The fourth-order valence-corrected chi connectivity index (χ4v) is 2.41. The SMILES string of the molecule is C=C(C)CC(O)CCC1CCCCC1.